The van der Waals surface area contributed by atoms with E-state index >= 15 is 0 Å². The summed E-state index contributed by atoms with van der Waals surface area (Å²) >= 11 is 0. The molecule has 1 N–H and O–H groups in total. The van der Waals surface area contributed by atoms with Gasteiger partial charge in [-0.15, -0.1) is 0 Å². The van der Waals surface area contributed by atoms with Gasteiger partial charge in [-0.1, -0.05) is 49.4 Å². The molecule has 0 saturated carbocycles. The molecule has 2 rings (SSSR count). The van der Waals surface area contributed by atoms with Crippen LogP contribution in [0.4, 0.5) is 0 Å². The van der Waals surface area contributed by atoms with Gasteiger partial charge in [-0.25, -0.2) is 0 Å². The minimum absolute atomic E-state index is 0.183. The summed E-state index contributed by atoms with van der Waals surface area (Å²) in [6, 6.07) is 16.0. The molecule has 0 spiro atoms. The molecule has 0 unspecified atom stereocenters. The zero-order chi connectivity index (χ0) is 17.1. The van der Waals surface area contributed by atoms with Crippen LogP contribution in [0, 0.1) is 0 Å². The summed E-state index contributed by atoms with van der Waals surface area (Å²) in [6.45, 7) is 4.11. The molecule has 0 fully saturated rings. The summed E-state index contributed by atoms with van der Waals surface area (Å²) in [7, 11) is 0. The lowest BCUT2D eigenvalue weighted by molar-refractivity contribution is -0.141. The van der Waals surface area contributed by atoms with Gasteiger partial charge >= 0.3 is 5.97 Å². The molecule has 2 aromatic rings. The highest BCUT2D eigenvalue weighted by atomic mass is 16.5. The number of aryl methyl sites for hydroxylation is 1. The first-order chi connectivity index (χ1) is 11.1. The standard InChI is InChI=1S/C11H12O3.C8H10O/c1-2-14-11(13)8-10(12)9-6-4-3-5-7-9;1-2-7-3-5-8(9)6-4-7/h3-7H,2,8H2,1H3;3-6,9H,2H2,1H3. The van der Waals surface area contributed by atoms with Crippen molar-refractivity contribution in [3.05, 3.63) is 65.7 Å². The molecule has 0 saturated heterocycles. The number of carbonyl (C=O) groups excluding carboxylic acids is 2. The van der Waals surface area contributed by atoms with E-state index in [1.807, 2.05) is 18.2 Å². The second-order valence-electron chi connectivity index (χ2n) is 4.79. The van der Waals surface area contributed by atoms with Crippen molar-refractivity contribution in [1.82, 2.24) is 0 Å². The zero-order valence-corrected chi connectivity index (χ0v) is 13.5. The van der Waals surface area contributed by atoms with Gasteiger partial charge in [0.2, 0.25) is 0 Å². The van der Waals surface area contributed by atoms with Crippen molar-refractivity contribution in [2.45, 2.75) is 26.7 Å². The number of esters is 1. The van der Waals surface area contributed by atoms with E-state index in [1.165, 1.54) is 5.56 Å². The minimum Gasteiger partial charge on any atom is -0.508 e. The molecule has 4 heteroatoms. The number of Topliss-reactive ketones (excluding diaryl/α,β-unsaturated/α-hetero) is 1. The first-order valence-corrected chi connectivity index (χ1v) is 7.58. The van der Waals surface area contributed by atoms with Crippen LogP contribution in [0.15, 0.2) is 54.6 Å². The van der Waals surface area contributed by atoms with Crippen molar-refractivity contribution in [3.8, 4) is 5.75 Å². The second kappa shape index (κ2) is 10.2. The molecule has 2 aromatic carbocycles. The fourth-order valence-electron chi connectivity index (χ4n) is 1.80. The topological polar surface area (TPSA) is 63.6 Å². The SMILES string of the molecule is CCOC(=O)CC(=O)c1ccccc1.CCc1ccc(O)cc1. The Bertz CT molecular complexity index is 603. The Morgan fingerprint density at radius 3 is 2.09 bits per heavy atom. The van der Waals surface area contributed by atoms with Gasteiger partial charge in [0.25, 0.3) is 0 Å². The third-order valence-corrected chi connectivity index (χ3v) is 3.05. The van der Waals surface area contributed by atoms with E-state index in [-0.39, 0.29) is 12.2 Å². The van der Waals surface area contributed by atoms with Crippen LogP contribution in [0.1, 0.15) is 36.2 Å². The quantitative estimate of drug-likeness (QED) is 0.518. The number of phenols is 1. The third-order valence-electron chi connectivity index (χ3n) is 3.05. The number of aromatic hydroxyl groups is 1. The molecule has 0 amide bonds. The number of phenolic OH excluding ortho intramolecular Hbond substituents is 1. The summed E-state index contributed by atoms with van der Waals surface area (Å²) < 4.78 is 4.67. The largest absolute Gasteiger partial charge is 0.508 e. The van der Waals surface area contributed by atoms with Crippen molar-refractivity contribution >= 4 is 11.8 Å². The third kappa shape index (κ3) is 7.27. The predicted octanol–water partition coefficient (Wildman–Crippen LogP) is 3.78. The fourth-order valence-corrected chi connectivity index (χ4v) is 1.80. The normalized spacial score (nSPS) is 9.48. The molecule has 0 aliphatic rings. The monoisotopic (exact) mass is 314 g/mol. The Hall–Kier alpha value is -2.62. The summed E-state index contributed by atoms with van der Waals surface area (Å²) in [6.07, 6.45) is 0.845. The van der Waals surface area contributed by atoms with Crippen molar-refractivity contribution in [3.63, 3.8) is 0 Å². The summed E-state index contributed by atoms with van der Waals surface area (Å²) in [5.41, 5.74) is 1.80. The average Bonchev–Trinajstić information content (AvgIpc) is 2.57. The molecule has 0 aliphatic heterocycles. The summed E-state index contributed by atoms with van der Waals surface area (Å²) in [4.78, 5) is 22.4. The fraction of sp³-hybridized carbons (Fsp3) is 0.263. The van der Waals surface area contributed by atoms with Gasteiger partial charge in [-0.2, -0.15) is 0 Å². The van der Waals surface area contributed by atoms with Crippen molar-refractivity contribution in [2.24, 2.45) is 0 Å². The molecule has 0 bridgehead atoms. The zero-order valence-electron chi connectivity index (χ0n) is 13.5. The number of benzene rings is 2. The van der Waals surface area contributed by atoms with Crippen molar-refractivity contribution in [2.75, 3.05) is 6.61 Å². The van der Waals surface area contributed by atoms with Crippen LogP contribution in [0.5, 0.6) is 5.75 Å². The second-order valence-corrected chi connectivity index (χ2v) is 4.79. The Morgan fingerprint density at radius 1 is 0.957 bits per heavy atom. The molecule has 23 heavy (non-hydrogen) atoms. The van der Waals surface area contributed by atoms with E-state index < -0.39 is 5.97 Å². The van der Waals surface area contributed by atoms with E-state index in [4.69, 9.17) is 5.11 Å². The van der Waals surface area contributed by atoms with Crippen LogP contribution >= 0.6 is 0 Å². The van der Waals surface area contributed by atoms with Gasteiger partial charge in [-0.3, -0.25) is 9.59 Å². The number of rotatable bonds is 5. The molecule has 4 nitrogen and oxygen atoms in total. The van der Waals surface area contributed by atoms with Crippen molar-refractivity contribution < 1.29 is 19.4 Å². The molecule has 0 aromatic heterocycles. The highest BCUT2D eigenvalue weighted by Gasteiger charge is 2.11. The van der Waals surface area contributed by atoms with Crippen LogP contribution in [0.2, 0.25) is 0 Å². The predicted molar refractivity (Wildman–Crippen MR) is 89.5 cm³/mol. The molecular weight excluding hydrogens is 292 g/mol. The van der Waals surface area contributed by atoms with Crippen LogP contribution < -0.4 is 0 Å². The highest BCUT2D eigenvalue weighted by Crippen LogP contribution is 2.09. The number of ketones is 1. The summed E-state index contributed by atoms with van der Waals surface area (Å²) in [5, 5.41) is 8.85. The molecule has 0 aliphatic carbocycles. The van der Waals surface area contributed by atoms with E-state index in [0.29, 0.717) is 17.9 Å². The molecular formula is C19H22O4. The van der Waals surface area contributed by atoms with Gasteiger partial charge < -0.3 is 9.84 Å². The van der Waals surface area contributed by atoms with Gasteiger partial charge in [-0.05, 0) is 31.0 Å². The van der Waals surface area contributed by atoms with Crippen LogP contribution in [-0.4, -0.2) is 23.5 Å². The average molecular weight is 314 g/mol. The van der Waals surface area contributed by atoms with E-state index in [9.17, 15) is 9.59 Å². The Kier molecular flexibility index (Phi) is 8.14. The summed E-state index contributed by atoms with van der Waals surface area (Å²) in [5.74, 6) is -0.336. The van der Waals surface area contributed by atoms with E-state index in [0.717, 1.165) is 6.42 Å². The number of carbonyl (C=O) groups is 2. The maximum absolute atomic E-state index is 11.4. The van der Waals surface area contributed by atoms with Crippen LogP contribution in [-0.2, 0) is 16.0 Å². The molecule has 0 atom stereocenters. The lowest BCUT2D eigenvalue weighted by Crippen LogP contribution is -2.11. The van der Waals surface area contributed by atoms with E-state index in [1.54, 1.807) is 43.3 Å². The van der Waals surface area contributed by atoms with Crippen molar-refractivity contribution in [1.29, 1.82) is 0 Å². The van der Waals surface area contributed by atoms with Crippen LogP contribution in [0.25, 0.3) is 0 Å². The smallest absolute Gasteiger partial charge is 0.313 e. The van der Waals surface area contributed by atoms with Gasteiger partial charge in [0.1, 0.15) is 12.2 Å². The Balaban J connectivity index is 0.000000253. The Morgan fingerprint density at radius 2 is 1.57 bits per heavy atom. The first-order valence-electron chi connectivity index (χ1n) is 7.58. The number of hydrogen-bond acceptors (Lipinski definition) is 4. The number of ether oxygens (including phenoxy) is 1. The Labute approximate surface area is 136 Å². The van der Waals surface area contributed by atoms with Gasteiger partial charge in [0.05, 0.1) is 6.61 Å². The molecule has 122 valence electrons. The lowest BCUT2D eigenvalue weighted by atomic mass is 10.1. The molecule has 0 heterocycles. The van der Waals surface area contributed by atoms with Gasteiger partial charge in [0.15, 0.2) is 5.78 Å². The highest BCUT2D eigenvalue weighted by molar-refractivity contribution is 6.05. The number of hydrogen-bond donors (Lipinski definition) is 1. The van der Waals surface area contributed by atoms with Crippen LogP contribution in [0.3, 0.4) is 0 Å². The maximum Gasteiger partial charge on any atom is 0.313 e. The van der Waals surface area contributed by atoms with Gasteiger partial charge in [0, 0.05) is 5.56 Å². The molecule has 0 radical (unpaired) electrons. The first kappa shape index (κ1) is 18.4. The lowest BCUT2D eigenvalue weighted by Gasteiger charge is -2.00. The van der Waals surface area contributed by atoms with E-state index in [2.05, 4.69) is 11.7 Å². The maximum atomic E-state index is 11.4. The minimum atomic E-state index is -0.471.